The fraction of sp³-hybridized carbons (Fsp3) is 0.643. The van der Waals surface area contributed by atoms with Crippen LogP contribution in [0, 0.1) is 5.41 Å². The van der Waals surface area contributed by atoms with E-state index in [1.807, 2.05) is 18.3 Å². The molecule has 1 saturated heterocycles. The number of halogens is 1. The topological polar surface area (TPSA) is 16.1 Å². The van der Waals surface area contributed by atoms with Gasteiger partial charge in [0.15, 0.2) is 0 Å². The summed E-state index contributed by atoms with van der Waals surface area (Å²) < 4.78 is 0. The molecule has 0 bridgehead atoms. The van der Waals surface area contributed by atoms with Gasteiger partial charge < -0.3 is 4.90 Å². The minimum absolute atomic E-state index is 0.581. The molecule has 0 unspecified atom stereocenters. The zero-order valence-corrected chi connectivity index (χ0v) is 10.9. The van der Waals surface area contributed by atoms with Crippen LogP contribution in [0.2, 0.25) is 5.02 Å². The molecule has 92 valence electrons. The van der Waals surface area contributed by atoms with Gasteiger partial charge in [0.25, 0.3) is 0 Å². The molecule has 1 aromatic heterocycles. The van der Waals surface area contributed by atoms with Crippen molar-refractivity contribution in [3.8, 4) is 0 Å². The average molecular weight is 251 g/mol. The molecule has 17 heavy (non-hydrogen) atoms. The number of aromatic nitrogens is 1. The van der Waals surface area contributed by atoms with Crippen molar-refractivity contribution >= 4 is 17.4 Å². The lowest BCUT2D eigenvalue weighted by Gasteiger charge is -2.51. The van der Waals surface area contributed by atoms with Gasteiger partial charge in [-0.25, -0.2) is 4.98 Å². The van der Waals surface area contributed by atoms with Crippen molar-refractivity contribution in [1.82, 2.24) is 4.98 Å². The molecule has 0 atom stereocenters. The normalized spacial score (nSPS) is 23.2. The van der Waals surface area contributed by atoms with Crippen LogP contribution in [0.3, 0.4) is 0 Å². The monoisotopic (exact) mass is 250 g/mol. The molecule has 1 spiro atoms. The Hall–Kier alpha value is -0.760. The Morgan fingerprint density at radius 2 is 1.82 bits per heavy atom. The Balaban J connectivity index is 1.69. The lowest BCUT2D eigenvalue weighted by Crippen LogP contribution is -2.56. The van der Waals surface area contributed by atoms with Gasteiger partial charge in [-0.3, -0.25) is 0 Å². The van der Waals surface area contributed by atoms with E-state index < -0.39 is 0 Å². The highest BCUT2D eigenvalue weighted by atomic mass is 35.5. The van der Waals surface area contributed by atoms with Crippen molar-refractivity contribution in [1.29, 1.82) is 0 Å². The molecule has 2 heterocycles. The van der Waals surface area contributed by atoms with Crippen molar-refractivity contribution in [3.05, 3.63) is 23.4 Å². The highest BCUT2D eigenvalue weighted by Gasteiger charge is 2.43. The summed E-state index contributed by atoms with van der Waals surface area (Å²) in [5.41, 5.74) is 0.581. The molecule has 0 radical (unpaired) electrons. The highest BCUT2D eigenvalue weighted by Crippen LogP contribution is 2.45. The molecular weight excluding hydrogens is 232 g/mol. The van der Waals surface area contributed by atoms with E-state index in [0.29, 0.717) is 5.41 Å². The lowest BCUT2D eigenvalue weighted by atomic mass is 9.73. The van der Waals surface area contributed by atoms with Crippen LogP contribution >= 0.6 is 11.6 Å². The predicted molar refractivity (Wildman–Crippen MR) is 71.6 cm³/mol. The van der Waals surface area contributed by atoms with E-state index >= 15 is 0 Å². The molecular formula is C14H19ClN2. The first kappa shape index (κ1) is 11.3. The molecule has 3 heteroatoms. The minimum Gasteiger partial charge on any atom is -0.354 e. The lowest BCUT2D eigenvalue weighted by molar-refractivity contribution is 0.179. The Kier molecular flexibility index (Phi) is 2.99. The van der Waals surface area contributed by atoms with Crippen LogP contribution in [0.1, 0.15) is 38.5 Å². The second-order valence-electron chi connectivity index (χ2n) is 5.58. The van der Waals surface area contributed by atoms with Gasteiger partial charge in [0.2, 0.25) is 0 Å². The molecule has 1 aliphatic heterocycles. The summed E-state index contributed by atoms with van der Waals surface area (Å²) in [5, 5.41) is 0.788. The van der Waals surface area contributed by atoms with Gasteiger partial charge in [0, 0.05) is 24.7 Å². The summed E-state index contributed by atoms with van der Waals surface area (Å²) in [5.74, 6) is 0.976. The van der Waals surface area contributed by atoms with Gasteiger partial charge in [-0.05, 0) is 25.0 Å². The van der Waals surface area contributed by atoms with Crippen LogP contribution in [0.5, 0.6) is 0 Å². The van der Waals surface area contributed by atoms with Gasteiger partial charge in [-0.2, -0.15) is 0 Å². The van der Waals surface area contributed by atoms with Crippen LogP contribution < -0.4 is 4.90 Å². The number of rotatable bonds is 1. The number of pyridine rings is 1. The molecule has 0 N–H and O–H groups in total. The molecule has 2 aliphatic rings. The third kappa shape index (κ3) is 2.15. The zero-order valence-electron chi connectivity index (χ0n) is 10.2. The van der Waals surface area contributed by atoms with Crippen molar-refractivity contribution in [2.75, 3.05) is 18.0 Å². The van der Waals surface area contributed by atoms with E-state index in [9.17, 15) is 0 Å². The van der Waals surface area contributed by atoms with Gasteiger partial charge >= 0.3 is 0 Å². The molecule has 1 saturated carbocycles. The number of nitrogens with zero attached hydrogens (tertiary/aromatic N) is 2. The summed E-state index contributed by atoms with van der Waals surface area (Å²) in [6, 6.07) is 3.83. The van der Waals surface area contributed by atoms with Crippen molar-refractivity contribution < 1.29 is 0 Å². The first-order valence-electron chi connectivity index (χ1n) is 6.65. The molecule has 2 nitrogen and oxygen atoms in total. The van der Waals surface area contributed by atoms with Crippen LogP contribution in [0.15, 0.2) is 18.3 Å². The van der Waals surface area contributed by atoms with Crippen molar-refractivity contribution in [2.24, 2.45) is 5.41 Å². The molecule has 1 aliphatic carbocycles. The Morgan fingerprint density at radius 1 is 1.12 bits per heavy atom. The molecule has 0 aromatic carbocycles. The van der Waals surface area contributed by atoms with Crippen LogP contribution in [0.25, 0.3) is 0 Å². The number of hydrogen-bond donors (Lipinski definition) is 0. The second-order valence-corrected chi connectivity index (χ2v) is 5.99. The average Bonchev–Trinajstić information content (AvgIpc) is 2.53. The minimum atomic E-state index is 0.581. The van der Waals surface area contributed by atoms with E-state index in [2.05, 4.69) is 9.88 Å². The van der Waals surface area contributed by atoms with Gasteiger partial charge in [0.1, 0.15) is 5.82 Å². The van der Waals surface area contributed by atoms with Crippen LogP contribution in [-0.4, -0.2) is 18.1 Å². The third-order valence-corrected chi connectivity index (χ3v) is 4.55. The number of hydrogen-bond acceptors (Lipinski definition) is 2. The summed E-state index contributed by atoms with van der Waals surface area (Å²) >= 11 is 6.19. The summed E-state index contributed by atoms with van der Waals surface area (Å²) in [4.78, 5) is 6.74. The van der Waals surface area contributed by atoms with Crippen LogP contribution in [-0.2, 0) is 0 Å². The maximum atomic E-state index is 6.19. The highest BCUT2D eigenvalue weighted by molar-refractivity contribution is 6.32. The van der Waals surface area contributed by atoms with E-state index in [4.69, 9.17) is 11.6 Å². The van der Waals surface area contributed by atoms with Crippen LogP contribution in [0.4, 0.5) is 5.82 Å². The van der Waals surface area contributed by atoms with E-state index in [1.54, 1.807) is 0 Å². The quantitative estimate of drug-likeness (QED) is 0.752. The van der Waals surface area contributed by atoms with Gasteiger partial charge in [-0.1, -0.05) is 37.3 Å². The second kappa shape index (κ2) is 4.49. The molecule has 3 rings (SSSR count). The largest absolute Gasteiger partial charge is 0.354 e. The first-order valence-corrected chi connectivity index (χ1v) is 7.02. The molecule has 2 fully saturated rings. The third-order valence-electron chi connectivity index (χ3n) is 4.26. The molecule has 1 aromatic rings. The Bertz CT molecular complexity index is 389. The van der Waals surface area contributed by atoms with Crippen molar-refractivity contribution in [2.45, 2.75) is 38.5 Å². The van der Waals surface area contributed by atoms with Gasteiger partial charge in [-0.15, -0.1) is 0 Å². The fourth-order valence-corrected chi connectivity index (χ4v) is 3.56. The van der Waals surface area contributed by atoms with E-state index in [-0.39, 0.29) is 0 Å². The Labute approximate surface area is 108 Å². The predicted octanol–water partition coefficient (Wildman–Crippen LogP) is 3.90. The maximum Gasteiger partial charge on any atom is 0.147 e. The smallest absolute Gasteiger partial charge is 0.147 e. The SMILES string of the molecule is Clc1cccnc1N1CC2(CCCCCC2)C1. The van der Waals surface area contributed by atoms with E-state index in [1.165, 1.54) is 38.5 Å². The van der Waals surface area contributed by atoms with Gasteiger partial charge in [0.05, 0.1) is 5.02 Å². The first-order chi connectivity index (χ1) is 8.29. The summed E-state index contributed by atoms with van der Waals surface area (Å²) in [6.07, 6.45) is 10.3. The molecule has 0 amide bonds. The van der Waals surface area contributed by atoms with E-state index in [0.717, 1.165) is 23.9 Å². The Morgan fingerprint density at radius 3 is 2.47 bits per heavy atom. The zero-order chi connectivity index (χ0) is 11.7. The van der Waals surface area contributed by atoms with Crippen molar-refractivity contribution in [3.63, 3.8) is 0 Å². The summed E-state index contributed by atoms with van der Waals surface area (Å²) in [6.45, 7) is 2.31. The number of anilines is 1. The maximum absolute atomic E-state index is 6.19. The fourth-order valence-electron chi connectivity index (χ4n) is 3.32. The standard InChI is InChI=1S/C14H19ClN2/c15-12-6-5-9-16-13(12)17-10-14(11-17)7-3-1-2-4-8-14/h5-6,9H,1-4,7-8,10-11H2. The summed E-state index contributed by atoms with van der Waals surface area (Å²) in [7, 11) is 0.